The van der Waals surface area contributed by atoms with E-state index in [2.05, 4.69) is 10.1 Å². The lowest BCUT2D eigenvalue weighted by molar-refractivity contribution is 0.143. The predicted octanol–water partition coefficient (Wildman–Crippen LogP) is 0.821. The van der Waals surface area contributed by atoms with Gasteiger partial charge in [0.1, 0.15) is 11.6 Å². The van der Waals surface area contributed by atoms with Gasteiger partial charge in [-0.1, -0.05) is 5.16 Å². The van der Waals surface area contributed by atoms with Gasteiger partial charge in [0.05, 0.1) is 16.7 Å². The summed E-state index contributed by atoms with van der Waals surface area (Å²) in [6.07, 6.45) is 2.62. The van der Waals surface area contributed by atoms with Gasteiger partial charge in [0.15, 0.2) is 9.84 Å². The van der Waals surface area contributed by atoms with Crippen molar-refractivity contribution in [2.24, 2.45) is 5.92 Å². The molecule has 8 heteroatoms. The molecule has 0 amide bonds. The zero-order valence-electron chi connectivity index (χ0n) is 13.0. The number of nitrogens with zero attached hydrogens (tertiary/aromatic N) is 3. The number of rotatable bonds is 4. The van der Waals surface area contributed by atoms with Crippen LogP contribution >= 0.6 is 0 Å². The number of hydrogen-bond acceptors (Lipinski definition) is 7. The summed E-state index contributed by atoms with van der Waals surface area (Å²) in [4.78, 5) is 6.35. The molecule has 0 aromatic carbocycles. The van der Waals surface area contributed by atoms with E-state index in [0.717, 1.165) is 17.7 Å². The second kappa shape index (κ2) is 5.93. The third kappa shape index (κ3) is 3.53. The van der Waals surface area contributed by atoms with Crippen LogP contribution in [-0.4, -0.2) is 49.1 Å². The van der Waals surface area contributed by atoms with Gasteiger partial charge in [-0.05, 0) is 19.1 Å². The average Bonchev–Trinajstić information content (AvgIpc) is 3.05. The second-order valence-electron chi connectivity index (χ2n) is 6.00. The molecule has 124 valence electrons. The Hall–Kier alpha value is -1.93. The fourth-order valence-corrected chi connectivity index (χ4v) is 3.35. The van der Waals surface area contributed by atoms with Crippen LogP contribution in [0.1, 0.15) is 11.5 Å². The summed E-state index contributed by atoms with van der Waals surface area (Å²) in [6.45, 7) is 2.95. The molecule has 1 aliphatic rings. The van der Waals surface area contributed by atoms with E-state index in [1.807, 2.05) is 17.9 Å². The summed E-state index contributed by atoms with van der Waals surface area (Å²) in [7, 11) is -3.25. The summed E-state index contributed by atoms with van der Waals surface area (Å²) in [6, 6.07) is 5.08. The molecular weight excluding hydrogens is 318 g/mol. The Labute approximate surface area is 134 Å². The highest BCUT2D eigenvalue weighted by Gasteiger charge is 2.33. The minimum atomic E-state index is -3.25. The van der Waals surface area contributed by atoms with Crippen LogP contribution in [0.25, 0.3) is 0 Å². The van der Waals surface area contributed by atoms with E-state index in [1.165, 1.54) is 12.3 Å². The maximum Gasteiger partial charge on any atom is 0.177 e. The molecule has 1 N–H and O–H groups in total. The van der Waals surface area contributed by atoms with E-state index in [1.54, 1.807) is 6.07 Å². The van der Waals surface area contributed by atoms with Crippen LogP contribution in [0.5, 0.6) is 0 Å². The van der Waals surface area contributed by atoms with Gasteiger partial charge in [-0.3, -0.25) is 0 Å². The Morgan fingerprint density at radius 2 is 2.17 bits per heavy atom. The molecule has 1 saturated heterocycles. The normalized spacial score (nSPS) is 21.8. The topological polar surface area (TPSA) is 96.5 Å². The number of aliphatic hydroxyl groups excluding tert-OH is 1. The lowest BCUT2D eigenvalue weighted by Crippen LogP contribution is -2.22. The molecule has 2 aromatic heterocycles. The number of hydrogen-bond donors (Lipinski definition) is 1. The Bertz CT molecular complexity index is 785. The summed E-state index contributed by atoms with van der Waals surface area (Å²) in [5.41, 5.74) is 0.822. The first-order chi connectivity index (χ1) is 10.8. The van der Waals surface area contributed by atoms with Gasteiger partial charge in [0.2, 0.25) is 0 Å². The van der Waals surface area contributed by atoms with Crippen molar-refractivity contribution in [3.05, 3.63) is 35.9 Å². The molecule has 0 bridgehead atoms. The molecule has 2 atom stereocenters. The van der Waals surface area contributed by atoms with Gasteiger partial charge in [-0.25, -0.2) is 13.4 Å². The quantitative estimate of drug-likeness (QED) is 0.882. The molecule has 7 nitrogen and oxygen atoms in total. The number of aliphatic hydroxyl groups is 1. The van der Waals surface area contributed by atoms with Crippen molar-refractivity contribution in [1.29, 1.82) is 0 Å². The molecule has 2 aromatic rings. The monoisotopic (exact) mass is 337 g/mol. The van der Waals surface area contributed by atoms with Crippen molar-refractivity contribution in [1.82, 2.24) is 10.1 Å². The first-order valence-electron chi connectivity index (χ1n) is 7.34. The van der Waals surface area contributed by atoms with Gasteiger partial charge in [0, 0.05) is 43.9 Å². The molecule has 1 aliphatic heterocycles. The molecule has 3 rings (SSSR count). The highest BCUT2D eigenvalue weighted by molar-refractivity contribution is 7.90. The molecular formula is C15H19N3O4S. The van der Waals surface area contributed by atoms with E-state index < -0.39 is 15.9 Å². The first-order valence-corrected chi connectivity index (χ1v) is 9.23. The van der Waals surface area contributed by atoms with Crippen LogP contribution in [0.4, 0.5) is 5.82 Å². The van der Waals surface area contributed by atoms with E-state index in [-0.39, 0.29) is 10.8 Å². The van der Waals surface area contributed by atoms with Crippen LogP contribution < -0.4 is 4.90 Å². The van der Waals surface area contributed by atoms with E-state index in [4.69, 9.17) is 4.52 Å². The van der Waals surface area contributed by atoms with E-state index in [9.17, 15) is 13.5 Å². The van der Waals surface area contributed by atoms with Crippen LogP contribution in [0.3, 0.4) is 0 Å². The zero-order chi connectivity index (χ0) is 16.6. The van der Waals surface area contributed by atoms with Crippen molar-refractivity contribution in [3.8, 4) is 0 Å². The maximum absolute atomic E-state index is 11.5. The summed E-state index contributed by atoms with van der Waals surface area (Å²) in [5, 5.41) is 14.1. The number of sulfone groups is 1. The number of aryl methyl sites for hydroxylation is 1. The second-order valence-corrected chi connectivity index (χ2v) is 8.01. The number of β-amino-alcohol motifs (C(OH)–C–C–N with tert-alkyl or cyclic N) is 1. The van der Waals surface area contributed by atoms with Gasteiger partial charge >= 0.3 is 0 Å². The first kappa shape index (κ1) is 15.9. The molecule has 23 heavy (non-hydrogen) atoms. The van der Waals surface area contributed by atoms with Crippen molar-refractivity contribution >= 4 is 15.7 Å². The maximum atomic E-state index is 11.5. The van der Waals surface area contributed by atoms with Gasteiger partial charge in [-0.15, -0.1) is 0 Å². The van der Waals surface area contributed by atoms with Crippen molar-refractivity contribution < 1.29 is 18.0 Å². The standard InChI is InChI=1S/C15H19N3O4S/c1-10-5-12(22-17-10)6-11-8-18(9-14(11)19)15-4-3-13(7-16-15)23(2,20)21/h3-5,7,11,14,19H,6,8-9H2,1-2H3/t11-,14-/m1/s1. The number of pyridine rings is 1. The number of anilines is 1. The largest absolute Gasteiger partial charge is 0.391 e. The lowest BCUT2D eigenvalue weighted by Gasteiger charge is -2.16. The Kier molecular flexibility index (Phi) is 4.11. The van der Waals surface area contributed by atoms with Crippen LogP contribution in [0, 0.1) is 12.8 Å². The molecule has 1 fully saturated rings. The molecule has 3 heterocycles. The Morgan fingerprint density at radius 1 is 1.39 bits per heavy atom. The summed E-state index contributed by atoms with van der Waals surface area (Å²) in [5.74, 6) is 1.44. The minimum Gasteiger partial charge on any atom is -0.391 e. The Morgan fingerprint density at radius 3 is 2.74 bits per heavy atom. The van der Waals surface area contributed by atoms with E-state index >= 15 is 0 Å². The SMILES string of the molecule is Cc1cc(C[C@@H]2CN(c3ccc(S(C)(=O)=O)cn3)C[C@H]2O)on1. The van der Waals surface area contributed by atoms with Crippen molar-refractivity contribution in [2.75, 3.05) is 24.2 Å². The van der Waals surface area contributed by atoms with Crippen LogP contribution in [0.2, 0.25) is 0 Å². The molecule has 0 aliphatic carbocycles. The molecule has 0 unspecified atom stereocenters. The van der Waals surface area contributed by atoms with Gasteiger partial charge in [-0.2, -0.15) is 0 Å². The lowest BCUT2D eigenvalue weighted by atomic mass is 10.0. The van der Waals surface area contributed by atoms with Crippen molar-refractivity contribution in [2.45, 2.75) is 24.3 Å². The third-order valence-corrected chi connectivity index (χ3v) is 5.12. The molecule has 0 spiro atoms. The highest BCUT2D eigenvalue weighted by Crippen LogP contribution is 2.26. The predicted molar refractivity (Wildman–Crippen MR) is 84.0 cm³/mol. The minimum absolute atomic E-state index is 0.0266. The average molecular weight is 337 g/mol. The van der Waals surface area contributed by atoms with Crippen molar-refractivity contribution in [3.63, 3.8) is 0 Å². The van der Waals surface area contributed by atoms with Crippen LogP contribution in [-0.2, 0) is 16.3 Å². The smallest absolute Gasteiger partial charge is 0.177 e. The van der Waals surface area contributed by atoms with Gasteiger partial charge in [0.25, 0.3) is 0 Å². The fourth-order valence-electron chi connectivity index (χ4n) is 2.79. The van der Waals surface area contributed by atoms with Gasteiger partial charge < -0.3 is 14.5 Å². The number of aromatic nitrogens is 2. The molecule has 0 radical (unpaired) electrons. The fraction of sp³-hybridized carbons (Fsp3) is 0.467. The van der Waals surface area contributed by atoms with E-state index in [0.29, 0.717) is 25.3 Å². The molecule has 0 saturated carbocycles. The summed E-state index contributed by atoms with van der Waals surface area (Å²) >= 11 is 0. The third-order valence-electron chi connectivity index (χ3n) is 4.02. The highest BCUT2D eigenvalue weighted by atomic mass is 32.2. The van der Waals surface area contributed by atoms with Crippen LogP contribution in [0.15, 0.2) is 33.8 Å². The summed E-state index contributed by atoms with van der Waals surface area (Å²) < 4.78 is 28.1. The Balaban J connectivity index is 1.70. The zero-order valence-corrected chi connectivity index (χ0v) is 13.8.